The van der Waals surface area contributed by atoms with Crippen LogP contribution in [0.25, 0.3) is 0 Å². The summed E-state index contributed by atoms with van der Waals surface area (Å²) >= 11 is 0. The third-order valence-corrected chi connectivity index (χ3v) is 3.64. The molecule has 22 heavy (non-hydrogen) atoms. The standard InChI is InChI=1S/C10H23N4.C5H12OSi.Y/c1-11-6-5-7-12(2)9-14(4)10-13(3)8-11;1-5(2)6-7(3)4;/h5H,6-10H2,1-4H3;5H,3H2,1-2,4H3;/q2*-1;. The van der Waals surface area contributed by atoms with Crippen molar-refractivity contribution in [3.8, 4) is 0 Å². The fourth-order valence-electron chi connectivity index (χ4n) is 2.34. The minimum Gasteiger partial charge on any atom is -0.449 e. The summed E-state index contributed by atoms with van der Waals surface area (Å²) in [4.78, 5) is 9.31. The van der Waals surface area contributed by atoms with Gasteiger partial charge < -0.3 is 27.2 Å². The maximum atomic E-state index is 5.24. The quantitative estimate of drug-likeness (QED) is 0.508. The van der Waals surface area contributed by atoms with Crippen molar-refractivity contribution in [3.05, 3.63) is 13.0 Å². The van der Waals surface area contributed by atoms with Crippen LogP contribution >= 0.6 is 0 Å². The molecule has 0 aromatic carbocycles. The Morgan fingerprint density at radius 3 is 1.55 bits per heavy atom. The van der Waals surface area contributed by atoms with Crippen molar-refractivity contribution in [1.82, 2.24) is 19.6 Å². The smallest absolute Gasteiger partial charge is 0.0523 e. The van der Waals surface area contributed by atoms with Crippen LogP contribution in [-0.2, 0) is 37.1 Å². The molecule has 5 nitrogen and oxygen atoms in total. The minimum absolute atomic E-state index is 0. The second-order valence-corrected chi connectivity index (χ2v) is 8.01. The van der Waals surface area contributed by atoms with Gasteiger partial charge in [-0.2, -0.15) is 0 Å². The first-order valence-electron chi connectivity index (χ1n) is 7.58. The molecule has 1 heterocycles. The normalized spacial score (nSPS) is 20.5. The molecule has 0 spiro atoms. The van der Waals surface area contributed by atoms with Crippen molar-refractivity contribution in [1.29, 1.82) is 0 Å². The Bertz CT molecular complexity index is 238. The predicted octanol–water partition coefficient (Wildman–Crippen LogP) is 1.21. The minimum atomic E-state index is -0.684. The number of hydrogen-bond acceptors (Lipinski definition) is 5. The topological polar surface area (TPSA) is 22.2 Å². The molecule has 0 saturated carbocycles. The molecule has 0 unspecified atom stereocenters. The average molecular weight is 404 g/mol. The molecule has 1 rings (SSSR count). The van der Waals surface area contributed by atoms with Gasteiger partial charge in [-0.1, -0.05) is 6.55 Å². The molecular weight excluding hydrogens is 369 g/mol. The van der Waals surface area contributed by atoms with Gasteiger partial charge in [0.15, 0.2) is 0 Å². The number of hydrogen-bond donors (Lipinski definition) is 0. The van der Waals surface area contributed by atoms with Crippen LogP contribution in [-0.4, -0.2) is 96.0 Å². The molecule has 2 radical (unpaired) electrons. The molecule has 1 aliphatic rings. The van der Waals surface area contributed by atoms with E-state index in [1.807, 2.05) is 20.4 Å². The largest absolute Gasteiger partial charge is 0.449 e. The zero-order valence-electron chi connectivity index (χ0n) is 15.7. The Labute approximate surface area is 165 Å². The van der Waals surface area contributed by atoms with Gasteiger partial charge in [-0.05, 0) is 42.0 Å². The molecule has 0 bridgehead atoms. The van der Waals surface area contributed by atoms with Crippen molar-refractivity contribution in [2.24, 2.45) is 0 Å². The Hall–Kier alpha value is 1.12. The van der Waals surface area contributed by atoms with E-state index in [9.17, 15) is 0 Å². The van der Waals surface area contributed by atoms with E-state index in [4.69, 9.17) is 4.43 Å². The number of nitrogens with zero attached hydrogens (tertiary/aromatic N) is 4. The van der Waals surface area contributed by atoms with Crippen molar-refractivity contribution >= 4 is 9.04 Å². The van der Waals surface area contributed by atoms with Gasteiger partial charge in [0.25, 0.3) is 0 Å². The van der Waals surface area contributed by atoms with Crippen molar-refractivity contribution in [2.45, 2.75) is 26.5 Å². The molecule has 0 aromatic heterocycles. The summed E-state index contributed by atoms with van der Waals surface area (Å²) in [5.74, 6) is 0. The van der Waals surface area contributed by atoms with E-state index in [0.29, 0.717) is 6.10 Å². The third kappa shape index (κ3) is 16.0. The fourth-order valence-corrected chi connectivity index (χ4v) is 3.15. The summed E-state index contributed by atoms with van der Waals surface area (Å²) in [7, 11) is 7.96. The van der Waals surface area contributed by atoms with Crippen LogP contribution in [0.4, 0.5) is 0 Å². The van der Waals surface area contributed by atoms with E-state index in [-0.39, 0.29) is 32.7 Å². The molecule has 0 N–H and O–H groups in total. The molecule has 130 valence electrons. The zero-order chi connectivity index (χ0) is 16.4. The summed E-state index contributed by atoms with van der Waals surface area (Å²) in [5, 5.41) is 0. The van der Waals surface area contributed by atoms with E-state index in [2.05, 4.69) is 60.8 Å². The summed E-state index contributed by atoms with van der Waals surface area (Å²) in [6, 6.07) is 0. The molecule has 1 aliphatic heterocycles. The fraction of sp³-hybridized carbons (Fsp3) is 0.867. The monoisotopic (exact) mass is 404 g/mol. The van der Waals surface area contributed by atoms with Crippen LogP contribution in [0.2, 0.25) is 6.55 Å². The van der Waals surface area contributed by atoms with Crippen molar-refractivity contribution < 1.29 is 37.1 Å². The molecule has 0 amide bonds. The van der Waals surface area contributed by atoms with Crippen LogP contribution in [0.3, 0.4) is 0 Å². The van der Waals surface area contributed by atoms with Crippen LogP contribution in [0.15, 0.2) is 0 Å². The first-order valence-corrected chi connectivity index (χ1v) is 9.70. The number of rotatable bonds is 2. The SMILES string of the molecule is CN1C[CH-]CN(C)CN(C)CN(C)C1.[CH2-][Si](C)OC(C)C.[Y]. The van der Waals surface area contributed by atoms with Gasteiger partial charge in [-0.3, -0.25) is 9.80 Å². The maximum Gasteiger partial charge on any atom is 0.0523 e. The van der Waals surface area contributed by atoms with E-state index >= 15 is 0 Å². The van der Waals surface area contributed by atoms with Crippen LogP contribution < -0.4 is 0 Å². The molecule has 0 atom stereocenters. The van der Waals surface area contributed by atoms with Gasteiger partial charge in [0.1, 0.15) is 0 Å². The molecule has 1 saturated heterocycles. The molecule has 0 aromatic rings. The summed E-state index contributed by atoms with van der Waals surface area (Å²) in [6.07, 6.45) is 2.68. The van der Waals surface area contributed by atoms with Gasteiger partial charge >= 0.3 is 0 Å². The molecule has 7 heteroatoms. The first-order chi connectivity index (χ1) is 9.70. The van der Waals surface area contributed by atoms with Crippen LogP contribution in [0.1, 0.15) is 13.8 Å². The van der Waals surface area contributed by atoms with Gasteiger partial charge in [-0.15, -0.1) is 13.1 Å². The predicted molar refractivity (Wildman–Crippen MR) is 92.9 cm³/mol. The maximum absolute atomic E-state index is 5.24. The Morgan fingerprint density at radius 2 is 1.27 bits per heavy atom. The summed E-state index contributed by atoms with van der Waals surface area (Å²) in [6.45, 7) is 15.1. The van der Waals surface area contributed by atoms with Crippen LogP contribution in [0, 0.1) is 13.0 Å². The van der Waals surface area contributed by atoms with Gasteiger partial charge in [0.05, 0.1) is 6.67 Å². The molecular formula is C15H35N4OSiY-2. The van der Waals surface area contributed by atoms with E-state index < -0.39 is 9.04 Å². The van der Waals surface area contributed by atoms with Crippen LogP contribution in [0.5, 0.6) is 0 Å². The van der Waals surface area contributed by atoms with Gasteiger partial charge in [0, 0.05) is 61.2 Å². The second kappa shape index (κ2) is 14.5. The molecule has 0 aliphatic carbocycles. The Balaban J connectivity index is 0. The Morgan fingerprint density at radius 1 is 0.909 bits per heavy atom. The van der Waals surface area contributed by atoms with Gasteiger partial charge in [-0.25, -0.2) is 0 Å². The average Bonchev–Trinajstić information content (AvgIpc) is 2.25. The summed E-state index contributed by atoms with van der Waals surface area (Å²) in [5.41, 5.74) is 0. The zero-order valence-corrected chi connectivity index (χ0v) is 19.5. The van der Waals surface area contributed by atoms with E-state index in [1.54, 1.807) is 0 Å². The van der Waals surface area contributed by atoms with Crippen molar-refractivity contribution in [3.63, 3.8) is 0 Å². The first kappa shape index (κ1) is 25.4. The van der Waals surface area contributed by atoms with Crippen molar-refractivity contribution in [2.75, 3.05) is 61.3 Å². The van der Waals surface area contributed by atoms with E-state index in [0.717, 1.165) is 33.1 Å². The van der Waals surface area contributed by atoms with Gasteiger partial charge in [0.2, 0.25) is 0 Å². The van der Waals surface area contributed by atoms with E-state index in [1.165, 1.54) is 0 Å². The second-order valence-electron chi connectivity index (χ2n) is 6.37. The Kier molecular flexibility index (Phi) is 16.7. The summed E-state index contributed by atoms with van der Waals surface area (Å²) < 4.78 is 5.24. The third-order valence-electron chi connectivity index (χ3n) is 2.77. The molecule has 1 fully saturated rings.